The van der Waals surface area contributed by atoms with Crippen LogP contribution in [0.25, 0.3) is 0 Å². The number of rotatable bonds is 5. The minimum absolute atomic E-state index is 0.456. The average Bonchev–Trinajstić information content (AvgIpc) is 2.26. The van der Waals surface area contributed by atoms with E-state index in [-0.39, 0.29) is 0 Å². The van der Waals surface area contributed by atoms with Crippen molar-refractivity contribution in [2.45, 2.75) is 26.4 Å². The third kappa shape index (κ3) is 3.76. The molecule has 0 saturated carbocycles. The third-order valence-corrected chi connectivity index (χ3v) is 2.28. The second kappa shape index (κ2) is 5.56. The molecule has 0 aliphatic carbocycles. The van der Waals surface area contributed by atoms with E-state index in [1.54, 1.807) is 6.92 Å². The zero-order valence-corrected chi connectivity index (χ0v) is 9.36. The van der Waals surface area contributed by atoms with Crippen LogP contribution in [-0.4, -0.2) is 11.7 Å². The predicted octanol–water partition coefficient (Wildman–Crippen LogP) is 3.08. The van der Waals surface area contributed by atoms with Crippen LogP contribution in [0.4, 0.5) is 0 Å². The van der Waals surface area contributed by atoms with E-state index >= 15 is 0 Å². The van der Waals surface area contributed by atoms with Crippen molar-refractivity contribution in [2.24, 2.45) is 0 Å². The predicted molar refractivity (Wildman–Crippen MR) is 62.0 cm³/mol. The smallest absolute Gasteiger partial charge is 0.120 e. The summed E-state index contributed by atoms with van der Waals surface area (Å²) < 4.78 is 5.54. The fourth-order valence-corrected chi connectivity index (χ4v) is 1.15. The molecular weight excluding hydrogens is 188 g/mol. The van der Waals surface area contributed by atoms with Crippen molar-refractivity contribution in [3.63, 3.8) is 0 Å². The summed E-state index contributed by atoms with van der Waals surface area (Å²) >= 11 is 0. The van der Waals surface area contributed by atoms with Crippen LogP contribution in [0, 0.1) is 0 Å². The van der Waals surface area contributed by atoms with Crippen LogP contribution >= 0.6 is 0 Å². The second-order valence-corrected chi connectivity index (χ2v) is 3.64. The number of ether oxygens (including phenoxy) is 1. The van der Waals surface area contributed by atoms with E-state index in [4.69, 9.17) is 4.74 Å². The minimum atomic E-state index is -0.456. The molecule has 0 amide bonds. The highest BCUT2D eigenvalue weighted by Crippen LogP contribution is 2.19. The molecule has 1 atom stereocenters. The molecule has 2 nitrogen and oxygen atoms in total. The van der Waals surface area contributed by atoms with Gasteiger partial charge in [-0.15, -0.1) is 0 Å². The quantitative estimate of drug-likeness (QED) is 0.750. The summed E-state index contributed by atoms with van der Waals surface area (Å²) in [7, 11) is 0. The van der Waals surface area contributed by atoms with Gasteiger partial charge in [0.1, 0.15) is 12.4 Å². The van der Waals surface area contributed by atoms with Crippen molar-refractivity contribution in [2.75, 3.05) is 6.61 Å². The largest absolute Gasteiger partial charge is 0.489 e. The van der Waals surface area contributed by atoms with Gasteiger partial charge in [-0.25, -0.2) is 0 Å². The Kier molecular flexibility index (Phi) is 4.37. The van der Waals surface area contributed by atoms with Crippen LogP contribution in [0.15, 0.2) is 36.4 Å². The normalized spacial score (nSPS) is 12.2. The molecule has 0 aliphatic heterocycles. The summed E-state index contributed by atoms with van der Waals surface area (Å²) in [6, 6.07) is 7.50. The maximum Gasteiger partial charge on any atom is 0.120 e. The van der Waals surface area contributed by atoms with E-state index in [0.717, 1.165) is 23.3 Å². The van der Waals surface area contributed by atoms with E-state index in [0.29, 0.717) is 6.61 Å². The van der Waals surface area contributed by atoms with Crippen molar-refractivity contribution >= 4 is 0 Å². The number of hydrogen-bond donors (Lipinski definition) is 1. The van der Waals surface area contributed by atoms with Gasteiger partial charge in [-0.05, 0) is 36.6 Å². The number of benzene rings is 1. The minimum Gasteiger partial charge on any atom is -0.489 e. The van der Waals surface area contributed by atoms with Gasteiger partial charge in [-0.1, -0.05) is 25.6 Å². The molecule has 0 fully saturated rings. The molecule has 0 unspecified atom stereocenters. The Balaban J connectivity index is 2.61. The standard InChI is InChI=1S/C13H18O2/c1-4-10(2)9-15-13-7-5-6-12(8-13)11(3)14/h5-8,11,14H,2,4,9H2,1,3H3/t11-/m1/s1. The zero-order valence-electron chi connectivity index (χ0n) is 9.36. The van der Waals surface area contributed by atoms with Gasteiger partial charge in [-0.3, -0.25) is 0 Å². The van der Waals surface area contributed by atoms with Crippen molar-refractivity contribution in [3.8, 4) is 5.75 Å². The Bertz CT molecular complexity index is 329. The third-order valence-electron chi connectivity index (χ3n) is 2.28. The van der Waals surface area contributed by atoms with Crippen LogP contribution in [-0.2, 0) is 0 Å². The lowest BCUT2D eigenvalue weighted by atomic mass is 10.1. The summed E-state index contributed by atoms with van der Waals surface area (Å²) in [5.74, 6) is 0.781. The lowest BCUT2D eigenvalue weighted by Gasteiger charge is -2.10. The Morgan fingerprint density at radius 1 is 1.53 bits per heavy atom. The monoisotopic (exact) mass is 206 g/mol. The van der Waals surface area contributed by atoms with E-state index in [1.807, 2.05) is 24.3 Å². The van der Waals surface area contributed by atoms with Gasteiger partial charge in [0.2, 0.25) is 0 Å². The first-order valence-corrected chi connectivity index (χ1v) is 5.21. The summed E-state index contributed by atoms with van der Waals surface area (Å²) in [6.45, 7) is 8.21. The first-order valence-electron chi connectivity index (χ1n) is 5.21. The fourth-order valence-electron chi connectivity index (χ4n) is 1.15. The van der Waals surface area contributed by atoms with Gasteiger partial charge in [0.05, 0.1) is 6.10 Å². The van der Waals surface area contributed by atoms with Crippen molar-refractivity contribution in [1.29, 1.82) is 0 Å². The molecule has 0 saturated heterocycles. The zero-order chi connectivity index (χ0) is 11.3. The number of aliphatic hydroxyl groups excluding tert-OH is 1. The van der Waals surface area contributed by atoms with Crippen LogP contribution in [0.5, 0.6) is 5.75 Å². The second-order valence-electron chi connectivity index (χ2n) is 3.64. The van der Waals surface area contributed by atoms with Gasteiger partial charge in [0.15, 0.2) is 0 Å². The molecule has 1 N–H and O–H groups in total. The summed E-state index contributed by atoms with van der Waals surface area (Å²) in [5, 5.41) is 9.40. The highest BCUT2D eigenvalue weighted by atomic mass is 16.5. The van der Waals surface area contributed by atoms with E-state index in [2.05, 4.69) is 13.5 Å². The SMILES string of the molecule is C=C(CC)COc1cccc([C@@H](C)O)c1. The molecule has 0 aliphatic rings. The Morgan fingerprint density at radius 3 is 2.87 bits per heavy atom. The Morgan fingerprint density at radius 2 is 2.27 bits per heavy atom. The molecule has 0 spiro atoms. The molecular formula is C13H18O2. The van der Waals surface area contributed by atoms with Gasteiger partial charge in [-0.2, -0.15) is 0 Å². The lowest BCUT2D eigenvalue weighted by molar-refractivity contribution is 0.198. The van der Waals surface area contributed by atoms with Crippen molar-refractivity contribution in [3.05, 3.63) is 42.0 Å². The molecule has 0 radical (unpaired) electrons. The average molecular weight is 206 g/mol. The van der Waals surface area contributed by atoms with E-state index < -0.39 is 6.10 Å². The van der Waals surface area contributed by atoms with Gasteiger partial charge in [0.25, 0.3) is 0 Å². The van der Waals surface area contributed by atoms with Crippen LogP contribution in [0.3, 0.4) is 0 Å². The highest BCUT2D eigenvalue weighted by Gasteiger charge is 2.02. The van der Waals surface area contributed by atoms with Crippen molar-refractivity contribution in [1.82, 2.24) is 0 Å². The first kappa shape index (κ1) is 11.8. The number of aliphatic hydroxyl groups is 1. The summed E-state index contributed by atoms with van der Waals surface area (Å²) in [4.78, 5) is 0. The highest BCUT2D eigenvalue weighted by molar-refractivity contribution is 5.29. The topological polar surface area (TPSA) is 29.5 Å². The van der Waals surface area contributed by atoms with Gasteiger partial charge in [0, 0.05) is 0 Å². The molecule has 1 aromatic rings. The van der Waals surface area contributed by atoms with Crippen LogP contribution < -0.4 is 4.74 Å². The summed E-state index contributed by atoms with van der Waals surface area (Å²) in [5.41, 5.74) is 1.94. The molecule has 0 heterocycles. The molecule has 15 heavy (non-hydrogen) atoms. The maximum absolute atomic E-state index is 9.40. The van der Waals surface area contributed by atoms with E-state index in [1.165, 1.54) is 0 Å². The molecule has 1 rings (SSSR count). The Hall–Kier alpha value is -1.28. The van der Waals surface area contributed by atoms with E-state index in [9.17, 15) is 5.11 Å². The van der Waals surface area contributed by atoms with Gasteiger partial charge >= 0.3 is 0 Å². The maximum atomic E-state index is 9.40. The molecule has 82 valence electrons. The molecule has 0 bridgehead atoms. The molecule has 1 aromatic carbocycles. The molecule has 2 heteroatoms. The van der Waals surface area contributed by atoms with Crippen LogP contribution in [0.2, 0.25) is 0 Å². The first-order chi connectivity index (χ1) is 7.13. The lowest BCUT2D eigenvalue weighted by Crippen LogP contribution is -2.00. The number of hydrogen-bond acceptors (Lipinski definition) is 2. The van der Waals surface area contributed by atoms with Crippen LogP contribution in [0.1, 0.15) is 31.9 Å². The van der Waals surface area contributed by atoms with Gasteiger partial charge < -0.3 is 9.84 Å². The Labute approximate surface area is 91.2 Å². The summed E-state index contributed by atoms with van der Waals surface area (Å²) in [6.07, 6.45) is 0.471. The fraction of sp³-hybridized carbons (Fsp3) is 0.385. The molecule has 0 aromatic heterocycles. The van der Waals surface area contributed by atoms with Crippen molar-refractivity contribution < 1.29 is 9.84 Å².